The summed E-state index contributed by atoms with van der Waals surface area (Å²) in [6, 6.07) is 4.48. The molecule has 0 unspecified atom stereocenters. The Morgan fingerprint density at radius 1 is 1.29 bits per heavy atom. The van der Waals surface area contributed by atoms with E-state index in [1.54, 1.807) is 6.07 Å². The van der Waals surface area contributed by atoms with Crippen molar-refractivity contribution in [1.29, 1.82) is 0 Å². The molecule has 1 aliphatic carbocycles. The molecule has 0 aromatic heterocycles. The molecule has 1 aliphatic heterocycles. The average molecular weight is 434 g/mol. The van der Waals surface area contributed by atoms with Gasteiger partial charge in [0.1, 0.15) is 10.6 Å². The van der Waals surface area contributed by atoms with Crippen LogP contribution in [0.3, 0.4) is 0 Å². The van der Waals surface area contributed by atoms with E-state index in [2.05, 4.69) is 5.32 Å². The number of nitrogens with zero attached hydrogens (tertiary/aromatic N) is 1. The predicted octanol–water partition coefficient (Wildman–Crippen LogP) is 1.14. The van der Waals surface area contributed by atoms with Crippen molar-refractivity contribution >= 4 is 28.3 Å². The number of ether oxygens (including phenoxy) is 2. The monoisotopic (exact) mass is 433 g/mol. The van der Waals surface area contributed by atoms with Crippen LogP contribution in [0.25, 0.3) is 0 Å². The van der Waals surface area contributed by atoms with Gasteiger partial charge in [-0.25, -0.2) is 8.42 Å². The molecule has 0 radical (unpaired) electrons. The molecule has 2 fully saturated rings. The van der Waals surface area contributed by atoms with Crippen molar-refractivity contribution in [1.82, 2.24) is 9.62 Å². The first-order valence-electron chi connectivity index (χ1n) is 9.20. The highest BCUT2D eigenvalue weighted by Crippen LogP contribution is 2.31. The molecule has 158 valence electrons. The summed E-state index contributed by atoms with van der Waals surface area (Å²) in [5.41, 5.74) is 5.77. The molecule has 0 spiro atoms. The standard InChI is InChI=1S/C18H27N3O5S.ClH/c1-25-15-5-4-14(17(22)20-18(13-19)6-2-3-7-18)12-16(15)27(23,24)21-8-10-26-11-9-21;/h4-5,12H,2-3,6-11,13,19H2,1H3,(H,20,22);1H. The van der Waals surface area contributed by atoms with E-state index in [4.69, 9.17) is 15.2 Å². The number of methoxy groups -OCH3 is 1. The van der Waals surface area contributed by atoms with E-state index in [0.717, 1.165) is 25.7 Å². The van der Waals surface area contributed by atoms with Crippen LogP contribution in [0.5, 0.6) is 5.75 Å². The minimum absolute atomic E-state index is 0. The molecule has 10 heteroatoms. The number of halogens is 1. The Morgan fingerprint density at radius 2 is 1.93 bits per heavy atom. The van der Waals surface area contributed by atoms with Gasteiger partial charge in [-0.05, 0) is 31.0 Å². The fourth-order valence-electron chi connectivity index (χ4n) is 3.69. The number of sulfonamides is 1. The van der Waals surface area contributed by atoms with Gasteiger partial charge in [0.2, 0.25) is 10.0 Å². The summed E-state index contributed by atoms with van der Waals surface area (Å²) < 4.78 is 37.9. The molecule has 1 saturated heterocycles. The van der Waals surface area contributed by atoms with Gasteiger partial charge in [0.05, 0.1) is 25.9 Å². The second kappa shape index (κ2) is 9.41. The van der Waals surface area contributed by atoms with E-state index < -0.39 is 15.6 Å². The highest BCUT2D eigenvalue weighted by molar-refractivity contribution is 7.89. The number of morpholine rings is 1. The van der Waals surface area contributed by atoms with Crippen molar-refractivity contribution in [3.63, 3.8) is 0 Å². The molecule has 0 bridgehead atoms. The van der Waals surface area contributed by atoms with Crippen molar-refractivity contribution < 1.29 is 22.7 Å². The molecule has 1 heterocycles. The van der Waals surface area contributed by atoms with Crippen LogP contribution in [0.1, 0.15) is 36.0 Å². The smallest absolute Gasteiger partial charge is 0.251 e. The molecule has 1 aromatic rings. The number of nitrogens with two attached hydrogens (primary N) is 1. The Labute approximate surface area is 172 Å². The largest absolute Gasteiger partial charge is 0.495 e. The quantitative estimate of drug-likeness (QED) is 0.695. The van der Waals surface area contributed by atoms with E-state index in [9.17, 15) is 13.2 Å². The first kappa shape index (κ1) is 22.9. The molecular formula is C18H28ClN3O5S. The fourth-order valence-corrected chi connectivity index (χ4v) is 5.28. The van der Waals surface area contributed by atoms with E-state index in [-0.39, 0.29) is 47.6 Å². The van der Waals surface area contributed by atoms with E-state index in [0.29, 0.717) is 19.8 Å². The summed E-state index contributed by atoms with van der Waals surface area (Å²) >= 11 is 0. The predicted molar refractivity (Wildman–Crippen MR) is 108 cm³/mol. The van der Waals surface area contributed by atoms with Gasteiger partial charge in [0, 0.05) is 25.2 Å². The number of amides is 1. The summed E-state index contributed by atoms with van der Waals surface area (Å²) in [4.78, 5) is 12.8. The third kappa shape index (κ3) is 4.60. The third-order valence-electron chi connectivity index (χ3n) is 5.34. The maximum Gasteiger partial charge on any atom is 0.251 e. The maximum absolute atomic E-state index is 13.0. The number of carbonyl (C=O) groups excluding carboxylic acids is 1. The van der Waals surface area contributed by atoms with Gasteiger partial charge in [-0.3, -0.25) is 4.79 Å². The van der Waals surface area contributed by atoms with Gasteiger partial charge in [-0.2, -0.15) is 4.31 Å². The molecular weight excluding hydrogens is 406 g/mol. The van der Waals surface area contributed by atoms with Gasteiger partial charge in [-0.15, -0.1) is 12.4 Å². The molecule has 3 N–H and O–H groups in total. The third-order valence-corrected chi connectivity index (χ3v) is 7.26. The van der Waals surface area contributed by atoms with Crippen LogP contribution in [0.15, 0.2) is 23.1 Å². The minimum atomic E-state index is -3.79. The van der Waals surface area contributed by atoms with Crippen LogP contribution in [0.4, 0.5) is 0 Å². The topological polar surface area (TPSA) is 111 Å². The highest BCUT2D eigenvalue weighted by atomic mass is 35.5. The lowest BCUT2D eigenvalue weighted by molar-refractivity contribution is 0.0729. The van der Waals surface area contributed by atoms with E-state index in [1.165, 1.54) is 23.5 Å². The molecule has 1 saturated carbocycles. The molecule has 1 aromatic carbocycles. The van der Waals surface area contributed by atoms with Crippen LogP contribution < -0.4 is 15.8 Å². The molecule has 28 heavy (non-hydrogen) atoms. The summed E-state index contributed by atoms with van der Waals surface area (Å²) in [6.07, 6.45) is 3.72. The van der Waals surface area contributed by atoms with Crippen LogP contribution >= 0.6 is 12.4 Å². The van der Waals surface area contributed by atoms with Crippen molar-refractivity contribution in [3.8, 4) is 5.75 Å². The van der Waals surface area contributed by atoms with Gasteiger partial charge in [0.15, 0.2) is 0 Å². The number of rotatable bonds is 6. The fraction of sp³-hybridized carbons (Fsp3) is 0.611. The van der Waals surface area contributed by atoms with E-state index >= 15 is 0 Å². The van der Waals surface area contributed by atoms with Gasteiger partial charge >= 0.3 is 0 Å². The minimum Gasteiger partial charge on any atom is -0.495 e. The zero-order chi connectivity index (χ0) is 19.5. The number of hydrogen-bond donors (Lipinski definition) is 2. The summed E-state index contributed by atoms with van der Waals surface area (Å²) in [7, 11) is -2.37. The normalized spacial score (nSPS) is 19.6. The maximum atomic E-state index is 13.0. The number of hydrogen-bond acceptors (Lipinski definition) is 6. The number of benzene rings is 1. The van der Waals surface area contributed by atoms with E-state index in [1.807, 2.05) is 0 Å². The van der Waals surface area contributed by atoms with Crippen LogP contribution in [-0.4, -0.2) is 64.1 Å². The molecule has 8 nitrogen and oxygen atoms in total. The van der Waals surface area contributed by atoms with Gasteiger partial charge < -0.3 is 20.5 Å². The zero-order valence-corrected chi connectivity index (χ0v) is 17.6. The van der Waals surface area contributed by atoms with Crippen LogP contribution in [0, 0.1) is 0 Å². The highest BCUT2D eigenvalue weighted by Gasteiger charge is 2.35. The van der Waals surface area contributed by atoms with Crippen LogP contribution in [0.2, 0.25) is 0 Å². The first-order chi connectivity index (χ1) is 12.9. The van der Waals surface area contributed by atoms with Crippen molar-refractivity contribution in [2.45, 2.75) is 36.1 Å². The summed E-state index contributed by atoms with van der Waals surface area (Å²) in [5, 5.41) is 3.02. The number of carbonyl (C=O) groups is 1. The van der Waals surface area contributed by atoms with Crippen LogP contribution in [-0.2, 0) is 14.8 Å². The lowest BCUT2D eigenvalue weighted by atomic mass is 9.97. The molecule has 1 amide bonds. The lowest BCUT2D eigenvalue weighted by Crippen LogP contribution is -2.51. The molecule has 0 atom stereocenters. The average Bonchev–Trinajstić information content (AvgIpc) is 3.17. The van der Waals surface area contributed by atoms with Gasteiger partial charge in [0.25, 0.3) is 5.91 Å². The second-order valence-corrected chi connectivity index (χ2v) is 8.93. The lowest BCUT2D eigenvalue weighted by Gasteiger charge is -2.29. The second-order valence-electron chi connectivity index (χ2n) is 7.03. The number of nitrogens with one attached hydrogen (secondary N) is 1. The SMILES string of the molecule is COc1ccc(C(=O)NC2(CN)CCCC2)cc1S(=O)(=O)N1CCOCC1.Cl. The molecule has 2 aliphatic rings. The first-order valence-corrected chi connectivity index (χ1v) is 10.6. The Hall–Kier alpha value is -1.39. The summed E-state index contributed by atoms with van der Waals surface area (Å²) in [6.45, 7) is 1.62. The van der Waals surface area contributed by atoms with Crippen molar-refractivity contribution in [2.75, 3.05) is 40.0 Å². The Morgan fingerprint density at radius 3 is 2.50 bits per heavy atom. The Balaban J connectivity index is 0.00000280. The van der Waals surface area contributed by atoms with Crippen molar-refractivity contribution in [3.05, 3.63) is 23.8 Å². The van der Waals surface area contributed by atoms with Crippen molar-refractivity contribution in [2.24, 2.45) is 5.73 Å². The van der Waals surface area contributed by atoms with Gasteiger partial charge in [-0.1, -0.05) is 12.8 Å². The summed E-state index contributed by atoms with van der Waals surface area (Å²) in [5.74, 6) is -0.101. The Bertz CT molecular complexity index is 790. The Kier molecular flexibility index (Phi) is 7.69. The molecule has 3 rings (SSSR count). The zero-order valence-electron chi connectivity index (χ0n) is 16.0.